The third-order valence-corrected chi connectivity index (χ3v) is 5.26. The van der Waals surface area contributed by atoms with E-state index in [1.54, 1.807) is 0 Å². The van der Waals surface area contributed by atoms with Crippen LogP contribution in [0.25, 0.3) is 0 Å². The highest BCUT2D eigenvalue weighted by Crippen LogP contribution is 2.53. The largest absolute Gasteiger partial charge is 0.416 e. The molecule has 4 rings (SSSR count). The fourth-order valence-electron chi connectivity index (χ4n) is 4.21. The molecule has 1 aliphatic heterocycles. The smallest absolute Gasteiger partial charge is 0.393 e. The van der Waals surface area contributed by atoms with Crippen LogP contribution in [0, 0.1) is 5.92 Å². The Labute approximate surface area is 138 Å². The van der Waals surface area contributed by atoms with Gasteiger partial charge in [0, 0.05) is 5.69 Å². The molecule has 1 saturated carbocycles. The zero-order valence-corrected chi connectivity index (χ0v) is 12.9. The first-order chi connectivity index (χ1) is 11.4. The second kappa shape index (κ2) is 5.52. The van der Waals surface area contributed by atoms with Gasteiger partial charge in [-0.2, -0.15) is 13.2 Å². The maximum Gasteiger partial charge on any atom is 0.416 e. The molecule has 2 aromatic carbocycles. The predicted molar refractivity (Wildman–Crippen MR) is 85.7 cm³/mol. The van der Waals surface area contributed by atoms with E-state index in [1.807, 2.05) is 30.3 Å². The lowest BCUT2D eigenvalue weighted by atomic mass is 9.77. The van der Waals surface area contributed by atoms with Crippen molar-refractivity contribution >= 4 is 5.69 Å². The molecule has 5 heteroatoms. The lowest BCUT2D eigenvalue weighted by molar-refractivity contribution is -0.137. The molecule has 2 aliphatic rings. The Morgan fingerprint density at radius 1 is 1.00 bits per heavy atom. The van der Waals surface area contributed by atoms with Crippen molar-refractivity contribution in [2.45, 2.75) is 37.1 Å². The maximum atomic E-state index is 13.1. The van der Waals surface area contributed by atoms with Crippen LogP contribution in [0.4, 0.5) is 18.9 Å². The first-order valence-corrected chi connectivity index (χ1v) is 8.14. The number of rotatable bonds is 1. The van der Waals surface area contributed by atoms with Crippen molar-refractivity contribution in [3.63, 3.8) is 0 Å². The Balaban J connectivity index is 1.78. The fourth-order valence-corrected chi connectivity index (χ4v) is 4.21. The van der Waals surface area contributed by atoms with Gasteiger partial charge >= 0.3 is 6.18 Å². The summed E-state index contributed by atoms with van der Waals surface area (Å²) in [5, 5.41) is 13.5. The zero-order chi connectivity index (χ0) is 16.9. The van der Waals surface area contributed by atoms with Crippen molar-refractivity contribution in [3.8, 4) is 0 Å². The van der Waals surface area contributed by atoms with E-state index in [2.05, 4.69) is 5.32 Å². The molecule has 0 spiro atoms. The van der Waals surface area contributed by atoms with Crippen LogP contribution in [0.2, 0.25) is 0 Å². The van der Waals surface area contributed by atoms with E-state index in [0.717, 1.165) is 17.3 Å². The van der Waals surface area contributed by atoms with E-state index in [-0.39, 0.29) is 17.9 Å². The van der Waals surface area contributed by atoms with E-state index in [0.29, 0.717) is 18.4 Å². The highest BCUT2D eigenvalue weighted by atomic mass is 19.4. The Morgan fingerprint density at radius 3 is 2.46 bits per heavy atom. The van der Waals surface area contributed by atoms with Crippen LogP contribution in [-0.4, -0.2) is 11.2 Å². The van der Waals surface area contributed by atoms with E-state index in [1.165, 1.54) is 12.1 Å². The number of anilines is 1. The molecule has 1 heterocycles. The van der Waals surface area contributed by atoms with Gasteiger partial charge in [0.15, 0.2) is 0 Å². The van der Waals surface area contributed by atoms with Gasteiger partial charge < -0.3 is 10.4 Å². The summed E-state index contributed by atoms with van der Waals surface area (Å²) in [6.07, 6.45) is -3.69. The van der Waals surface area contributed by atoms with Gasteiger partial charge in [0.25, 0.3) is 0 Å². The van der Waals surface area contributed by atoms with E-state index < -0.39 is 17.8 Å². The average Bonchev–Trinajstić information content (AvgIpc) is 2.95. The third kappa shape index (κ3) is 2.57. The van der Waals surface area contributed by atoms with Gasteiger partial charge in [-0.05, 0) is 54.0 Å². The summed E-state index contributed by atoms with van der Waals surface area (Å²) >= 11 is 0. The molecule has 0 aromatic heterocycles. The highest BCUT2D eigenvalue weighted by molar-refractivity contribution is 5.59. The normalized spacial score (nSPS) is 28.8. The minimum Gasteiger partial charge on any atom is -0.393 e. The molecule has 1 unspecified atom stereocenters. The molecule has 4 atom stereocenters. The number of benzene rings is 2. The quantitative estimate of drug-likeness (QED) is 0.791. The summed E-state index contributed by atoms with van der Waals surface area (Å²) in [6.45, 7) is 0. The van der Waals surface area contributed by atoms with E-state index in [9.17, 15) is 18.3 Å². The molecule has 2 nitrogen and oxygen atoms in total. The average molecular weight is 333 g/mol. The molecule has 2 N–H and O–H groups in total. The van der Waals surface area contributed by atoms with Crippen molar-refractivity contribution < 1.29 is 18.3 Å². The molecular formula is C19H18F3NO. The van der Waals surface area contributed by atoms with Gasteiger partial charge in [-0.3, -0.25) is 0 Å². The Bertz CT molecular complexity index is 744. The van der Waals surface area contributed by atoms with Gasteiger partial charge in [0.1, 0.15) is 0 Å². The van der Waals surface area contributed by atoms with Crippen LogP contribution in [0.5, 0.6) is 0 Å². The van der Waals surface area contributed by atoms with Gasteiger partial charge in [0.05, 0.1) is 17.7 Å². The van der Waals surface area contributed by atoms with Crippen molar-refractivity contribution in [3.05, 3.63) is 65.2 Å². The summed E-state index contributed by atoms with van der Waals surface area (Å²) in [7, 11) is 0. The van der Waals surface area contributed by atoms with Gasteiger partial charge in [-0.1, -0.05) is 30.3 Å². The lowest BCUT2D eigenvalue weighted by Crippen LogP contribution is -2.29. The number of hydrogen-bond acceptors (Lipinski definition) is 2. The van der Waals surface area contributed by atoms with Crippen LogP contribution < -0.4 is 5.32 Å². The molecule has 0 amide bonds. The van der Waals surface area contributed by atoms with Crippen LogP contribution in [0.1, 0.15) is 41.5 Å². The Kier molecular flexibility index (Phi) is 3.57. The van der Waals surface area contributed by atoms with Crippen LogP contribution in [-0.2, 0) is 6.18 Å². The van der Waals surface area contributed by atoms with Crippen molar-refractivity contribution in [2.75, 3.05) is 5.32 Å². The number of hydrogen-bond donors (Lipinski definition) is 2. The van der Waals surface area contributed by atoms with Gasteiger partial charge in [-0.15, -0.1) is 0 Å². The fraction of sp³-hybridized carbons (Fsp3) is 0.368. The number of aliphatic hydroxyl groups is 1. The highest BCUT2D eigenvalue weighted by Gasteiger charge is 2.44. The van der Waals surface area contributed by atoms with Crippen molar-refractivity contribution in [2.24, 2.45) is 5.92 Å². The van der Waals surface area contributed by atoms with E-state index >= 15 is 0 Å². The zero-order valence-electron chi connectivity index (χ0n) is 12.9. The standard InChI is InChI=1S/C19H18F3NO/c20-19(21,22)12-6-7-17-15(8-12)14-9-13(24)10-16(14)18(23-17)11-4-2-1-3-5-11/h1-8,13-14,16,18,23-24H,9-10H2/t13-,14+,16?,18-/m0/s1. The van der Waals surface area contributed by atoms with Crippen molar-refractivity contribution in [1.82, 2.24) is 0 Å². The molecule has 0 radical (unpaired) electrons. The lowest BCUT2D eigenvalue weighted by Gasteiger charge is -2.37. The first kappa shape index (κ1) is 15.5. The molecule has 1 fully saturated rings. The van der Waals surface area contributed by atoms with Crippen LogP contribution in [0.3, 0.4) is 0 Å². The van der Waals surface area contributed by atoms with Gasteiger partial charge in [0.2, 0.25) is 0 Å². The number of nitrogens with one attached hydrogen (secondary N) is 1. The van der Waals surface area contributed by atoms with E-state index in [4.69, 9.17) is 0 Å². The first-order valence-electron chi connectivity index (χ1n) is 8.14. The van der Waals surface area contributed by atoms with Crippen LogP contribution >= 0.6 is 0 Å². The molecule has 2 aromatic rings. The minimum atomic E-state index is -4.35. The molecule has 0 bridgehead atoms. The molecule has 1 aliphatic carbocycles. The molecule has 0 saturated heterocycles. The summed E-state index contributed by atoms with van der Waals surface area (Å²) in [5.41, 5.74) is 1.90. The SMILES string of the molecule is O[C@@H]1CC2[C@H](C1)c1cc(C(F)(F)F)ccc1N[C@H]2c1ccccc1. The molecular weight excluding hydrogens is 315 g/mol. The minimum absolute atomic E-state index is 0.0117. The predicted octanol–water partition coefficient (Wildman–Crippen LogP) is 4.73. The summed E-state index contributed by atoms with van der Waals surface area (Å²) < 4.78 is 39.2. The van der Waals surface area contributed by atoms with Crippen molar-refractivity contribution in [1.29, 1.82) is 0 Å². The second-order valence-electron chi connectivity index (χ2n) is 6.73. The van der Waals surface area contributed by atoms with Gasteiger partial charge in [-0.25, -0.2) is 0 Å². The number of aliphatic hydroxyl groups excluding tert-OH is 1. The Hall–Kier alpha value is -2.01. The maximum absolute atomic E-state index is 13.1. The second-order valence-corrected chi connectivity index (χ2v) is 6.73. The number of alkyl halides is 3. The molecule has 24 heavy (non-hydrogen) atoms. The summed E-state index contributed by atoms with van der Waals surface area (Å²) in [6, 6.07) is 13.8. The molecule has 126 valence electrons. The van der Waals surface area contributed by atoms with Crippen LogP contribution in [0.15, 0.2) is 48.5 Å². The third-order valence-electron chi connectivity index (χ3n) is 5.26. The topological polar surface area (TPSA) is 32.3 Å². The Morgan fingerprint density at radius 2 is 1.75 bits per heavy atom. The number of halogens is 3. The monoisotopic (exact) mass is 333 g/mol. The summed E-state index contributed by atoms with van der Waals surface area (Å²) in [4.78, 5) is 0. The summed E-state index contributed by atoms with van der Waals surface area (Å²) in [5.74, 6) is 0.0436. The number of fused-ring (bicyclic) bond motifs is 3.